The first-order chi connectivity index (χ1) is 14.3. The van der Waals surface area contributed by atoms with Crippen molar-refractivity contribution in [2.24, 2.45) is 26.1 Å². The molecule has 0 fully saturated rings. The summed E-state index contributed by atoms with van der Waals surface area (Å²) in [5.41, 5.74) is 0.270. The van der Waals surface area contributed by atoms with E-state index in [1.807, 2.05) is 19.2 Å². The molecule has 30 heavy (non-hydrogen) atoms. The number of rotatable bonds is 2. The van der Waals surface area contributed by atoms with Gasteiger partial charge in [-0.1, -0.05) is 11.3 Å². The molecule has 12 heteroatoms. The number of fused-ring (bicyclic) bond motifs is 3. The molecule has 0 N–H and O–H groups in total. The number of aromatic nitrogens is 5. The largest absolute Gasteiger partial charge is 0.454 e. The van der Waals surface area contributed by atoms with Crippen LogP contribution in [0.2, 0.25) is 0 Å². The van der Waals surface area contributed by atoms with Gasteiger partial charge >= 0.3 is 5.69 Å². The Morgan fingerprint density at radius 3 is 2.63 bits per heavy atom. The Morgan fingerprint density at radius 1 is 1.13 bits per heavy atom. The summed E-state index contributed by atoms with van der Waals surface area (Å²) in [5.74, 6) is 0.862. The lowest BCUT2D eigenvalue weighted by Gasteiger charge is -2.04. The first-order valence-electron chi connectivity index (χ1n) is 8.92. The molecule has 0 atom stereocenters. The molecule has 11 nitrogen and oxygen atoms in total. The molecular formula is C18H16N6O5S. The van der Waals surface area contributed by atoms with Crippen LogP contribution in [0.1, 0.15) is 0 Å². The lowest BCUT2D eigenvalue weighted by molar-refractivity contribution is -0.118. The predicted octanol–water partition coefficient (Wildman–Crippen LogP) is -0.157. The van der Waals surface area contributed by atoms with Crippen molar-refractivity contribution in [3.63, 3.8) is 0 Å². The van der Waals surface area contributed by atoms with E-state index in [1.54, 1.807) is 4.57 Å². The van der Waals surface area contributed by atoms with E-state index in [0.717, 1.165) is 14.8 Å². The zero-order chi connectivity index (χ0) is 21.2. The lowest BCUT2D eigenvalue weighted by atomic mass is 10.3. The number of imidazole rings is 1. The summed E-state index contributed by atoms with van der Waals surface area (Å²) in [6.45, 7) is 0.0108. The summed E-state index contributed by atoms with van der Waals surface area (Å²) in [6, 6.07) is 3.71. The number of nitrogens with zero attached hydrogens (tertiary/aromatic N) is 6. The van der Waals surface area contributed by atoms with Crippen molar-refractivity contribution >= 4 is 38.6 Å². The Labute approximate surface area is 171 Å². The molecule has 0 saturated carbocycles. The zero-order valence-corrected chi connectivity index (χ0v) is 17.1. The number of benzene rings is 1. The van der Waals surface area contributed by atoms with Gasteiger partial charge in [-0.05, 0) is 0 Å². The van der Waals surface area contributed by atoms with Gasteiger partial charge in [0.05, 0.1) is 16.5 Å². The second kappa shape index (κ2) is 6.42. The molecule has 5 rings (SSSR count). The van der Waals surface area contributed by atoms with Gasteiger partial charge in [-0.25, -0.2) is 9.78 Å². The highest BCUT2D eigenvalue weighted by molar-refractivity contribution is 7.16. The molecule has 0 saturated heterocycles. The van der Waals surface area contributed by atoms with Crippen molar-refractivity contribution in [3.05, 3.63) is 44.1 Å². The normalized spacial score (nSPS) is 13.6. The molecule has 0 spiro atoms. The molecule has 1 aliphatic heterocycles. The van der Waals surface area contributed by atoms with Gasteiger partial charge in [-0.2, -0.15) is 4.99 Å². The average Bonchev–Trinajstić information content (AvgIpc) is 3.42. The smallest absolute Gasteiger partial charge is 0.332 e. The van der Waals surface area contributed by atoms with E-state index in [2.05, 4.69) is 9.98 Å². The van der Waals surface area contributed by atoms with Crippen LogP contribution in [0, 0.1) is 0 Å². The monoisotopic (exact) mass is 428 g/mol. The van der Waals surface area contributed by atoms with Gasteiger partial charge in [0.2, 0.25) is 6.79 Å². The van der Waals surface area contributed by atoms with Crippen LogP contribution in [0.25, 0.3) is 21.4 Å². The van der Waals surface area contributed by atoms with E-state index >= 15 is 0 Å². The molecule has 1 aliphatic rings. The minimum Gasteiger partial charge on any atom is -0.454 e. The predicted molar refractivity (Wildman–Crippen MR) is 108 cm³/mol. The summed E-state index contributed by atoms with van der Waals surface area (Å²) in [4.78, 5) is 46.0. The Kier molecular flexibility index (Phi) is 3.93. The first kappa shape index (κ1) is 18.4. The third kappa shape index (κ3) is 2.60. The van der Waals surface area contributed by atoms with E-state index < -0.39 is 17.2 Å². The van der Waals surface area contributed by atoms with Crippen molar-refractivity contribution in [1.29, 1.82) is 0 Å². The van der Waals surface area contributed by atoms with E-state index in [1.165, 1.54) is 40.9 Å². The minimum atomic E-state index is -0.514. The van der Waals surface area contributed by atoms with Gasteiger partial charge in [-0.3, -0.25) is 18.7 Å². The highest BCUT2D eigenvalue weighted by atomic mass is 32.1. The van der Waals surface area contributed by atoms with E-state index in [9.17, 15) is 14.4 Å². The summed E-state index contributed by atoms with van der Waals surface area (Å²) >= 11 is 1.35. The second-order valence-corrected chi connectivity index (χ2v) is 7.88. The number of hydrogen-bond acceptors (Lipinski definition) is 7. The summed E-state index contributed by atoms with van der Waals surface area (Å²) in [5, 5.41) is 0. The Bertz CT molecular complexity index is 1550. The maximum atomic E-state index is 12.7. The number of aryl methyl sites for hydroxylation is 2. The van der Waals surface area contributed by atoms with Crippen LogP contribution in [0.15, 0.2) is 33.0 Å². The van der Waals surface area contributed by atoms with Gasteiger partial charge in [0, 0.05) is 33.3 Å². The Balaban J connectivity index is 1.56. The maximum absolute atomic E-state index is 12.7. The SMILES string of the molecule is Cn1c(=O)c2c(ncn2CC(=O)N=c2sc3cc4c(cc3n2C)OCO4)n(C)c1=O. The Hall–Kier alpha value is -3.67. The number of hydrogen-bond donors (Lipinski definition) is 0. The fourth-order valence-electron chi connectivity index (χ4n) is 3.43. The molecule has 0 unspecified atom stereocenters. The van der Waals surface area contributed by atoms with Gasteiger partial charge in [-0.15, -0.1) is 0 Å². The van der Waals surface area contributed by atoms with Crippen LogP contribution in [0.4, 0.5) is 0 Å². The standard InChI is InChI=1S/C18H16N6O5S/c1-21-9-4-10-11(29-8-28-10)5-12(9)30-17(21)20-13(25)6-24-7-19-15-14(24)16(26)23(3)18(27)22(15)2/h4-5,7H,6,8H2,1-3H3. The van der Waals surface area contributed by atoms with Gasteiger partial charge in [0.25, 0.3) is 11.5 Å². The van der Waals surface area contributed by atoms with E-state index in [0.29, 0.717) is 16.3 Å². The molecule has 0 aliphatic carbocycles. The van der Waals surface area contributed by atoms with Gasteiger partial charge < -0.3 is 18.6 Å². The van der Waals surface area contributed by atoms with Gasteiger partial charge in [0.15, 0.2) is 27.5 Å². The van der Waals surface area contributed by atoms with Crippen molar-refractivity contribution in [2.45, 2.75) is 6.54 Å². The zero-order valence-electron chi connectivity index (χ0n) is 16.3. The summed E-state index contributed by atoms with van der Waals surface area (Å²) < 4.78 is 17.2. The maximum Gasteiger partial charge on any atom is 0.332 e. The van der Waals surface area contributed by atoms with E-state index in [-0.39, 0.29) is 24.5 Å². The highest BCUT2D eigenvalue weighted by Crippen LogP contribution is 2.36. The fourth-order valence-corrected chi connectivity index (χ4v) is 4.47. The van der Waals surface area contributed by atoms with Crippen LogP contribution in [-0.4, -0.2) is 36.0 Å². The number of thiazole rings is 1. The minimum absolute atomic E-state index is 0.176. The molecular weight excluding hydrogens is 412 g/mol. The average molecular weight is 428 g/mol. The molecule has 1 aromatic carbocycles. The third-order valence-electron chi connectivity index (χ3n) is 5.05. The summed E-state index contributed by atoms with van der Waals surface area (Å²) in [7, 11) is 4.72. The molecule has 3 aromatic heterocycles. The molecule has 0 bridgehead atoms. The highest BCUT2D eigenvalue weighted by Gasteiger charge is 2.18. The molecule has 4 aromatic rings. The first-order valence-corrected chi connectivity index (χ1v) is 9.74. The van der Waals surface area contributed by atoms with Crippen molar-refractivity contribution in [1.82, 2.24) is 23.3 Å². The quantitative estimate of drug-likeness (QED) is 0.438. The van der Waals surface area contributed by atoms with Crippen molar-refractivity contribution in [2.75, 3.05) is 6.79 Å². The topological polar surface area (TPSA) is 115 Å². The molecule has 4 heterocycles. The van der Waals surface area contributed by atoms with Crippen LogP contribution in [0.3, 0.4) is 0 Å². The summed E-state index contributed by atoms with van der Waals surface area (Å²) in [6.07, 6.45) is 1.36. The number of amides is 1. The van der Waals surface area contributed by atoms with Crippen molar-refractivity contribution < 1.29 is 14.3 Å². The molecule has 1 amide bonds. The Morgan fingerprint density at radius 2 is 1.87 bits per heavy atom. The van der Waals surface area contributed by atoms with E-state index in [4.69, 9.17) is 9.47 Å². The second-order valence-electron chi connectivity index (χ2n) is 6.87. The third-order valence-corrected chi connectivity index (χ3v) is 6.14. The van der Waals surface area contributed by atoms with Crippen LogP contribution >= 0.6 is 11.3 Å². The van der Waals surface area contributed by atoms with Crippen molar-refractivity contribution in [3.8, 4) is 11.5 Å². The fraction of sp³-hybridized carbons (Fsp3) is 0.278. The van der Waals surface area contributed by atoms with Crippen LogP contribution in [-0.2, 0) is 32.5 Å². The lowest BCUT2D eigenvalue weighted by Crippen LogP contribution is -2.37. The molecule has 0 radical (unpaired) electrons. The number of ether oxygens (including phenoxy) is 2. The van der Waals surface area contributed by atoms with Gasteiger partial charge in [0.1, 0.15) is 6.54 Å². The van der Waals surface area contributed by atoms with Crippen LogP contribution in [0.5, 0.6) is 11.5 Å². The number of carbonyl (C=O) groups is 1. The molecule has 154 valence electrons. The van der Waals surface area contributed by atoms with Crippen LogP contribution < -0.4 is 25.5 Å². The number of carbonyl (C=O) groups excluding carboxylic acids is 1.